The first-order valence-corrected chi connectivity index (χ1v) is 30.3. The molecule has 1 aliphatic rings. The summed E-state index contributed by atoms with van der Waals surface area (Å²) in [4.78, 5) is 51.1. The number of esters is 3. The van der Waals surface area contributed by atoms with Gasteiger partial charge >= 0.3 is 23.9 Å². The van der Waals surface area contributed by atoms with Crippen molar-refractivity contribution >= 4 is 23.9 Å². The van der Waals surface area contributed by atoms with Gasteiger partial charge in [0.05, 0.1) is 6.61 Å². The van der Waals surface area contributed by atoms with Crippen LogP contribution in [0.2, 0.25) is 0 Å². The molecule has 6 unspecified atom stereocenters. The lowest BCUT2D eigenvalue weighted by molar-refractivity contribution is -0.301. The number of rotatable bonds is 51. The highest BCUT2D eigenvalue weighted by molar-refractivity contribution is 5.74. The van der Waals surface area contributed by atoms with Gasteiger partial charge in [0.15, 0.2) is 24.6 Å². The molecule has 1 saturated heterocycles. The summed E-state index contributed by atoms with van der Waals surface area (Å²) in [6.45, 7) is 5.85. The summed E-state index contributed by atoms with van der Waals surface area (Å²) < 4.78 is 28.4. The largest absolute Gasteiger partial charge is 0.479 e. The molecule has 0 aromatic rings. The lowest BCUT2D eigenvalue weighted by Crippen LogP contribution is -2.61. The molecule has 3 N–H and O–H groups in total. The van der Waals surface area contributed by atoms with Crippen molar-refractivity contribution in [2.24, 2.45) is 0 Å². The van der Waals surface area contributed by atoms with E-state index in [1.54, 1.807) is 0 Å². The molecular formula is C63H108O12. The summed E-state index contributed by atoms with van der Waals surface area (Å²) in [5.74, 6) is -3.18. The van der Waals surface area contributed by atoms with Crippen molar-refractivity contribution in [3.05, 3.63) is 60.8 Å². The average Bonchev–Trinajstić information content (AvgIpc) is 3.39. The molecule has 1 rings (SSSR count). The standard InChI is InChI=1S/C63H108O12/c1-4-7-10-13-16-19-22-25-27-28-30-32-34-37-40-43-46-49-55(64)71-52-54(73-56(65)50-47-44-41-38-36-33-29-26-23-20-17-14-11-8-5-2)53-72-63-61(59(68)58(67)60(75-63)62(69)70)74-57(66)51-48-45-42-39-35-31-24-21-18-15-12-9-6-3/h7,10,16,19,25,27,30,32,37,40,54,58-61,63,67-68H,4-6,8-9,11-15,17-18,20-24,26,28-29,31,33-36,38-39,41-53H2,1-3H3,(H,69,70)/b10-7-,19-16-,27-25-,32-30-,40-37-. The molecule has 0 radical (unpaired) electrons. The van der Waals surface area contributed by atoms with Crippen LogP contribution in [0.1, 0.15) is 265 Å². The lowest BCUT2D eigenvalue weighted by Gasteiger charge is -2.40. The highest BCUT2D eigenvalue weighted by Gasteiger charge is 2.50. The van der Waals surface area contributed by atoms with Crippen LogP contribution in [0.25, 0.3) is 0 Å². The summed E-state index contributed by atoms with van der Waals surface area (Å²) in [5, 5.41) is 31.5. The fourth-order valence-corrected chi connectivity index (χ4v) is 8.99. The third kappa shape index (κ3) is 41.2. The Morgan fingerprint density at radius 1 is 0.453 bits per heavy atom. The van der Waals surface area contributed by atoms with Gasteiger partial charge in [-0.1, -0.05) is 248 Å². The predicted molar refractivity (Wildman–Crippen MR) is 303 cm³/mol. The number of aliphatic hydroxyl groups excluding tert-OH is 2. The van der Waals surface area contributed by atoms with Crippen LogP contribution in [-0.4, -0.2) is 89.2 Å². The highest BCUT2D eigenvalue weighted by Crippen LogP contribution is 2.26. The molecule has 0 spiro atoms. The third-order valence-corrected chi connectivity index (χ3v) is 13.6. The van der Waals surface area contributed by atoms with Gasteiger partial charge in [0, 0.05) is 19.3 Å². The van der Waals surface area contributed by atoms with E-state index >= 15 is 0 Å². The SMILES string of the molecule is CC/C=C\C/C=C\C/C=C\C/C=C\C/C=C\CCCC(=O)OCC(COC1OC(C(=O)O)C(O)C(O)C1OC(=O)CCCCCCCCCCCCCCC)OC(=O)CCCCCCCCCCCCCCCCC. The summed E-state index contributed by atoms with van der Waals surface area (Å²) in [7, 11) is 0. The molecule has 0 aromatic carbocycles. The summed E-state index contributed by atoms with van der Waals surface area (Å²) in [6.07, 6.45) is 50.5. The topological polar surface area (TPSA) is 175 Å². The number of carbonyl (C=O) groups is 4. The van der Waals surface area contributed by atoms with Gasteiger partial charge < -0.3 is 39.0 Å². The monoisotopic (exact) mass is 1060 g/mol. The van der Waals surface area contributed by atoms with E-state index in [1.807, 2.05) is 6.08 Å². The second-order valence-electron chi connectivity index (χ2n) is 20.6. The van der Waals surface area contributed by atoms with Crippen molar-refractivity contribution in [1.82, 2.24) is 0 Å². The van der Waals surface area contributed by atoms with Gasteiger partial charge in [-0.3, -0.25) is 14.4 Å². The number of aliphatic hydroxyl groups is 2. The second kappa shape index (κ2) is 51.2. The smallest absolute Gasteiger partial charge is 0.335 e. The van der Waals surface area contributed by atoms with Crippen molar-refractivity contribution in [2.75, 3.05) is 13.2 Å². The van der Waals surface area contributed by atoms with Crippen LogP contribution in [0.4, 0.5) is 0 Å². The number of aliphatic carboxylic acids is 1. The molecule has 0 aromatic heterocycles. The van der Waals surface area contributed by atoms with Crippen LogP contribution < -0.4 is 0 Å². The molecule has 0 saturated carbocycles. The Morgan fingerprint density at radius 3 is 1.27 bits per heavy atom. The molecule has 6 atom stereocenters. The van der Waals surface area contributed by atoms with E-state index < -0.39 is 67.3 Å². The van der Waals surface area contributed by atoms with Gasteiger partial charge in [0.1, 0.15) is 18.8 Å². The van der Waals surface area contributed by atoms with Crippen molar-refractivity contribution in [1.29, 1.82) is 0 Å². The summed E-state index contributed by atoms with van der Waals surface area (Å²) in [6, 6.07) is 0. The number of ether oxygens (including phenoxy) is 5. The Labute approximate surface area is 456 Å². The van der Waals surface area contributed by atoms with Crippen molar-refractivity contribution < 1.29 is 58.2 Å². The number of carboxylic acid groups (broad SMARTS) is 1. The molecule has 0 bridgehead atoms. The van der Waals surface area contributed by atoms with Crippen LogP contribution in [-0.2, 0) is 42.9 Å². The molecule has 12 nitrogen and oxygen atoms in total. The highest BCUT2D eigenvalue weighted by atomic mass is 16.7. The number of carboxylic acids is 1. The van der Waals surface area contributed by atoms with Gasteiger partial charge in [0.2, 0.25) is 0 Å². The van der Waals surface area contributed by atoms with E-state index in [0.29, 0.717) is 25.7 Å². The Balaban J connectivity index is 2.72. The molecule has 0 aliphatic carbocycles. The van der Waals surface area contributed by atoms with Crippen LogP contribution in [0.3, 0.4) is 0 Å². The molecule has 0 amide bonds. The van der Waals surface area contributed by atoms with Crippen LogP contribution in [0, 0.1) is 0 Å². The van der Waals surface area contributed by atoms with Crippen LogP contribution in [0.15, 0.2) is 60.8 Å². The Bertz CT molecular complexity index is 1540. The zero-order valence-electron chi connectivity index (χ0n) is 47.5. The minimum absolute atomic E-state index is 0.0583. The maximum Gasteiger partial charge on any atom is 0.335 e. The van der Waals surface area contributed by atoms with Gasteiger partial charge in [-0.15, -0.1) is 0 Å². The minimum atomic E-state index is -1.91. The second-order valence-corrected chi connectivity index (χ2v) is 20.6. The predicted octanol–water partition coefficient (Wildman–Crippen LogP) is 15.6. The quantitative estimate of drug-likeness (QED) is 0.0228. The summed E-state index contributed by atoms with van der Waals surface area (Å²) in [5.41, 5.74) is 0. The van der Waals surface area contributed by atoms with E-state index in [9.17, 15) is 34.5 Å². The Morgan fingerprint density at radius 2 is 0.840 bits per heavy atom. The molecule has 75 heavy (non-hydrogen) atoms. The molecule has 1 fully saturated rings. The molecular weight excluding hydrogens is 949 g/mol. The van der Waals surface area contributed by atoms with E-state index in [2.05, 4.69) is 75.5 Å². The summed E-state index contributed by atoms with van der Waals surface area (Å²) >= 11 is 0. The third-order valence-electron chi connectivity index (χ3n) is 13.6. The number of hydrogen-bond donors (Lipinski definition) is 3. The maximum atomic E-state index is 13.2. The number of hydrogen-bond acceptors (Lipinski definition) is 11. The first-order chi connectivity index (χ1) is 36.6. The zero-order chi connectivity index (χ0) is 54.7. The van der Waals surface area contributed by atoms with Crippen molar-refractivity contribution in [3.8, 4) is 0 Å². The van der Waals surface area contributed by atoms with Crippen molar-refractivity contribution in [3.63, 3.8) is 0 Å². The maximum absolute atomic E-state index is 13.2. The molecule has 12 heteroatoms. The minimum Gasteiger partial charge on any atom is -0.479 e. The van der Waals surface area contributed by atoms with Gasteiger partial charge in [-0.2, -0.15) is 0 Å². The molecule has 1 heterocycles. The number of allylic oxidation sites excluding steroid dienone is 10. The molecule has 1 aliphatic heterocycles. The first kappa shape index (κ1) is 69.4. The van der Waals surface area contributed by atoms with Gasteiger partial charge in [-0.05, 0) is 57.8 Å². The number of unbranched alkanes of at least 4 members (excludes halogenated alkanes) is 27. The van der Waals surface area contributed by atoms with Gasteiger partial charge in [0.25, 0.3) is 0 Å². The zero-order valence-corrected chi connectivity index (χ0v) is 47.5. The fraction of sp³-hybridized carbons (Fsp3) is 0.778. The van der Waals surface area contributed by atoms with Gasteiger partial charge in [-0.25, -0.2) is 4.79 Å². The first-order valence-electron chi connectivity index (χ1n) is 30.3. The fourth-order valence-electron chi connectivity index (χ4n) is 8.99. The van der Waals surface area contributed by atoms with E-state index in [4.69, 9.17) is 23.7 Å². The van der Waals surface area contributed by atoms with E-state index in [0.717, 1.165) is 77.0 Å². The Kier molecular flexibility index (Phi) is 47.4. The molecule has 432 valence electrons. The number of carbonyl (C=O) groups excluding carboxylic acids is 3. The van der Waals surface area contributed by atoms with Crippen LogP contribution in [0.5, 0.6) is 0 Å². The Hall–Kier alpha value is -3.58. The van der Waals surface area contributed by atoms with E-state index in [-0.39, 0.29) is 25.9 Å². The average molecular weight is 1060 g/mol. The lowest BCUT2D eigenvalue weighted by atomic mass is 9.98. The normalized spacial score (nSPS) is 18.5. The van der Waals surface area contributed by atoms with Crippen molar-refractivity contribution in [2.45, 2.75) is 302 Å². The van der Waals surface area contributed by atoms with Crippen LogP contribution >= 0.6 is 0 Å². The van der Waals surface area contributed by atoms with E-state index in [1.165, 1.54) is 122 Å².